The number of ether oxygens (including phenoxy) is 1. The van der Waals surface area contributed by atoms with E-state index in [0.29, 0.717) is 24.8 Å². The van der Waals surface area contributed by atoms with Crippen LogP contribution >= 0.6 is 0 Å². The van der Waals surface area contributed by atoms with Gasteiger partial charge in [-0.1, -0.05) is 30.3 Å². The van der Waals surface area contributed by atoms with Gasteiger partial charge in [0.2, 0.25) is 0 Å². The fraction of sp³-hybridized carbons (Fsp3) is 0.412. The van der Waals surface area contributed by atoms with Crippen LogP contribution in [0.15, 0.2) is 42.1 Å². The molecule has 0 aliphatic heterocycles. The molecule has 0 saturated heterocycles. The van der Waals surface area contributed by atoms with E-state index in [1.165, 1.54) is 0 Å². The molecule has 1 saturated carbocycles. The van der Waals surface area contributed by atoms with Crippen molar-refractivity contribution in [3.63, 3.8) is 0 Å². The normalized spacial score (nSPS) is 20.4. The minimum absolute atomic E-state index is 0.135. The van der Waals surface area contributed by atoms with E-state index in [-0.39, 0.29) is 24.3 Å². The summed E-state index contributed by atoms with van der Waals surface area (Å²) >= 11 is 0. The zero-order chi connectivity index (χ0) is 15.2. The van der Waals surface area contributed by atoms with Gasteiger partial charge < -0.3 is 9.64 Å². The van der Waals surface area contributed by atoms with Crippen LogP contribution in [0.3, 0.4) is 0 Å². The summed E-state index contributed by atoms with van der Waals surface area (Å²) in [4.78, 5) is 25.8. The Balaban J connectivity index is 1.92. The van der Waals surface area contributed by atoms with Crippen LogP contribution in [0.5, 0.6) is 0 Å². The first-order valence-electron chi connectivity index (χ1n) is 7.17. The lowest BCUT2D eigenvalue weighted by Crippen LogP contribution is -2.26. The average molecular weight is 287 g/mol. The molecule has 2 rings (SSSR count). The number of carbonyl (C=O) groups excluding carboxylic acids is 2. The smallest absolute Gasteiger partial charge is 0.309 e. The van der Waals surface area contributed by atoms with Crippen molar-refractivity contribution in [2.24, 2.45) is 5.92 Å². The van der Waals surface area contributed by atoms with Gasteiger partial charge in [0, 0.05) is 32.3 Å². The molecule has 0 aromatic heterocycles. The molecule has 1 aromatic rings. The second-order valence-corrected chi connectivity index (χ2v) is 5.57. The first kappa shape index (κ1) is 15.3. The Bertz CT molecular complexity index is 534. The maximum absolute atomic E-state index is 12.1. The Hall–Kier alpha value is -2.10. The van der Waals surface area contributed by atoms with E-state index >= 15 is 0 Å². The van der Waals surface area contributed by atoms with E-state index < -0.39 is 0 Å². The summed E-state index contributed by atoms with van der Waals surface area (Å²) in [5, 5.41) is 0. The number of Topliss-reactive ketones (excluding diaryl/α,β-unsaturated/α-hetero) is 1. The van der Waals surface area contributed by atoms with E-state index in [4.69, 9.17) is 4.74 Å². The molecule has 112 valence electrons. The maximum atomic E-state index is 12.1. The predicted octanol–water partition coefficient (Wildman–Crippen LogP) is 2.54. The lowest BCUT2D eigenvalue weighted by Gasteiger charge is -2.23. The highest BCUT2D eigenvalue weighted by Crippen LogP contribution is 2.27. The lowest BCUT2D eigenvalue weighted by atomic mass is 9.85. The van der Waals surface area contributed by atoms with Crippen LogP contribution in [0.4, 0.5) is 0 Å². The summed E-state index contributed by atoms with van der Waals surface area (Å²) in [6.07, 6.45) is 3.28. The molecule has 4 nitrogen and oxygen atoms in total. The number of allylic oxidation sites excluding steroid dienone is 1. The molecule has 1 atom stereocenters. The van der Waals surface area contributed by atoms with Crippen molar-refractivity contribution in [1.29, 1.82) is 0 Å². The van der Waals surface area contributed by atoms with Crippen molar-refractivity contribution < 1.29 is 14.3 Å². The van der Waals surface area contributed by atoms with E-state index in [2.05, 4.69) is 0 Å². The molecule has 1 aromatic carbocycles. The summed E-state index contributed by atoms with van der Waals surface area (Å²) in [6.45, 7) is 0.289. The number of esters is 1. The van der Waals surface area contributed by atoms with Gasteiger partial charge in [0.15, 0.2) is 5.78 Å². The van der Waals surface area contributed by atoms with Gasteiger partial charge in [-0.25, -0.2) is 0 Å². The third-order valence-corrected chi connectivity index (χ3v) is 3.52. The minimum Gasteiger partial charge on any atom is -0.461 e. The highest BCUT2D eigenvalue weighted by atomic mass is 16.5. The molecule has 0 amide bonds. The summed E-state index contributed by atoms with van der Waals surface area (Å²) in [6, 6.07) is 9.61. The molecule has 1 fully saturated rings. The molecule has 1 aliphatic carbocycles. The average Bonchev–Trinajstić information content (AvgIpc) is 2.47. The summed E-state index contributed by atoms with van der Waals surface area (Å²) in [7, 11) is 3.75. The number of nitrogens with zero attached hydrogens (tertiary/aromatic N) is 1. The second kappa shape index (κ2) is 7.07. The maximum Gasteiger partial charge on any atom is 0.309 e. The second-order valence-electron chi connectivity index (χ2n) is 5.57. The molecule has 21 heavy (non-hydrogen) atoms. The Kier molecular flexibility index (Phi) is 5.14. The predicted molar refractivity (Wildman–Crippen MR) is 80.4 cm³/mol. The topological polar surface area (TPSA) is 46.6 Å². The third-order valence-electron chi connectivity index (χ3n) is 3.52. The number of rotatable bonds is 4. The zero-order valence-electron chi connectivity index (χ0n) is 12.5. The Morgan fingerprint density at radius 2 is 2.05 bits per heavy atom. The summed E-state index contributed by atoms with van der Waals surface area (Å²) in [5.41, 5.74) is 1.69. The Labute approximate surface area is 125 Å². The van der Waals surface area contributed by atoms with Gasteiger partial charge in [0.25, 0.3) is 0 Å². The van der Waals surface area contributed by atoms with Gasteiger partial charge >= 0.3 is 5.97 Å². The SMILES string of the molecule is CN(C)/C=C1\CC(C(=O)OCc2ccccc2)CCC1=O. The third kappa shape index (κ3) is 4.45. The van der Waals surface area contributed by atoms with Crippen LogP contribution in [-0.2, 0) is 20.9 Å². The van der Waals surface area contributed by atoms with E-state index in [9.17, 15) is 9.59 Å². The van der Waals surface area contributed by atoms with Gasteiger partial charge in [-0.3, -0.25) is 9.59 Å². The van der Waals surface area contributed by atoms with Crippen molar-refractivity contribution in [2.75, 3.05) is 14.1 Å². The number of carbonyl (C=O) groups is 2. The molecule has 1 aliphatic rings. The van der Waals surface area contributed by atoms with Gasteiger partial charge in [-0.2, -0.15) is 0 Å². The number of hydrogen-bond acceptors (Lipinski definition) is 4. The molecule has 1 unspecified atom stereocenters. The fourth-order valence-corrected chi connectivity index (χ4v) is 2.43. The lowest BCUT2D eigenvalue weighted by molar-refractivity contribution is -0.150. The van der Waals surface area contributed by atoms with Crippen LogP contribution in [0.1, 0.15) is 24.8 Å². The minimum atomic E-state index is -0.212. The van der Waals surface area contributed by atoms with Crippen molar-refractivity contribution in [3.8, 4) is 0 Å². The van der Waals surface area contributed by atoms with Crippen LogP contribution in [0.25, 0.3) is 0 Å². The largest absolute Gasteiger partial charge is 0.461 e. The molecule has 0 heterocycles. The summed E-state index contributed by atoms with van der Waals surface area (Å²) < 4.78 is 5.37. The van der Waals surface area contributed by atoms with Gasteiger partial charge in [0.05, 0.1) is 5.92 Å². The monoisotopic (exact) mass is 287 g/mol. The van der Waals surface area contributed by atoms with Crippen molar-refractivity contribution >= 4 is 11.8 Å². The molecular weight excluding hydrogens is 266 g/mol. The van der Waals surface area contributed by atoms with Crippen molar-refractivity contribution in [1.82, 2.24) is 4.90 Å². The number of benzene rings is 1. The fourth-order valence-electron chi connectivity index (χ4n) is 2.43. The van der Waals surface area contributed by atoms with E-state index in [0.717, 1.165) is 5.56 Å². The van der Waals surface area contributed by atoms with E-state index in [1.54, 1.807) is 6.20 Å². The molecule has 0 N–H and O–H groups in total. The molecular formula is C17H21NO3. The Morgan fingerprint density at radius 1 is 1.33 bits per heavy atom. The summed E-state index contributed by atoms with van der Waals surface area (Å²) in [5.74, 6) is -0.288. The zero-order valence-corrected chi connectivity index (χ0v) is 12.5. The first-order valence-corrected chi connectivity index (χ1v) is 7.17. The van der Waals surface area contributed by atoms with Crippen LogP contribution in [0, 0.1) is 5.92 Å². The molecule has 0 spiro atoms. The van der Waals surface area contributed by atoms with Crippen LogP contribution in [-0.4, -0.2) is 30.7 Å². The van der Waals surface area contributed by atoms with E-state index in [1.807, 2.05) is 49.3 Å². The van der Waals surface area contributed by atoms with Crippen molar-refractivity contribution in [3.05, 3.63) is 47.7 Å². The Morgan fingerprint density at radius 3 is 2.71 bits per heavy atom. The van der Waals surface area contributed by atoms with Gasteiger partial charge in [-0.05, 0) is 18.4 Å². The standard InChI is InChI=1S/C17H21NO3/c1-18(2)11-15-10-14(8-9-16(15)19)17(20)21-12-13-6-4-3-5-7-13/h3-7,11,14H,8-10,12H2,1-2H3/b15-11+. The van der Waals surface area contributed by atoms with Crippen LogP contribution < -0.4 is 0 Å². The van der Waals surface area contributed by atoms with Gasteiger partial charge in [-0.15, -0.1) is 0 Å². The molecule has 0 bridgehead atoms. The highest BCUT2D eigenvalue weighted by Gasteiger charge is 2.29. The van der Waals surface area contributed by atoms with Crippen molar-refractivity contribution in [2.45, 2.75) is 25.9 Å². The molecule has 4 heteroatoms. The first-order chi connectivity index (χ1) is 10.1. The number of ketones is 1. The highest BCUT2D eigenvalue weighted by molar-refractivity contribution is 5.97. The molecule has 0 radical (unpaired) electrons. The quantitative estimate of drug-likeness (QED) is 0.630. The van der Waals surface area contributed by atoms with Gasteiger partial charge in [0.1, 0.15) is 6.61 Å². The van der Waals surface area contributed by atoms with Crippen LogP contribution in [0.2, 0.25) is 0 Å². The number of hydrogen-bond donors (Lipinski definition) is 0.